The minimum Gasteiger partial charge on any atom is -0.490 e. The molecular weight excluding hydrogens is 807 g/mol. The Morgan fingerprint density at radius 3 is 1.61 bits per heavy atom. The zero-order valence-corrected chi connectivity index (χ0v) is 40.4. The van der Waals surface area contributed by atoms with Crippen LogP contribution in [0.5, 0.6) is 11.5 Å². The number of carbonyl (C=O) groups is 2. The first-order chi connectivity index (χ1) is 31.4. The van der Waals surface area contributed by atoms with Crippen molar-refractivity contribution < 1.29 is 43.5 Å². The van der Waals surface area contributed by atoms with Crippen molar-refractivity contribution in [2.45, 2.75) is 238 Å². The van der Waals surface area contributed by atoms with Crippen LogP contribution in [0.2, 0.25) is 0 Å². The SMILES string of the molecule is CCCCCCCCCCCCCC(=O)O[C@H]1[C@H](O)[C@@H](CO)O[C@@H](OCc2ccccc2)[C@@H]1NC(=O)c1ccc(OCCCCCCCCCC)c(OCCCCCCCCCC)c1. The van der Waals surface area contributed by atoms with E-state index in [-0.39, 0.29) is 13.0 Å². The number of esters is 1. The van der Waals surface area contributed by atoms with Crippen LogP contribution in [0, 0.1) is 0 Å². The number of amides is 1. The highest BCUT2D eigenvalue weighted by Crippen LogP contribution is 2.31. The molecule has 1 heterocycles. The van der Waals surface area contributed by atoms with Crippen LogP contribution in [0.4, 0.5) is 0 Å². The number of aliphatic hydroxyl groups is 2. The van der Waals surface area contributed by atoms with Crippen LogP contribution in [0.15, 0.2) is 48.5 Å². The fourth-order valence-electron chi connectivity index (χ4n) is 8.35. The third kappa shape index (κ3) is 23.3. The summed E-state index contributed by atoms with van der Waals surface area (Å²) in [5, 5.41) is 24.7. The number of hydrogen-bond acceptors (Lipinski definition) is 9. The number of unbranched alkanes of at least 4 members (excludes halogenated alkanes) is 24. The number of benzene rings is 2. The maximum absolute atomic E-state index is 14.2. The topological polar surface area (TPSA) is 133 Å². The molecule has 0 radical (unpaired) electrons. The van der Waals surface area contributed by atoms with Gasteiger partial charge in [0, 0.05) is 12.0 Å². The van der Waals surface area contributed by atoms with Gasteiger partial charge in [0.15, 0.2) is 23.9 Å². The fourth-order valence-corrected chi connectivity index (χ4v) is 8.35. The molecular formula is C54H89NO9. The molecule has 5 atom stereocenters. The molecule has 0 aliphatic carbocycles. The van der Waals surface area contributed by atoms with Crippen molar-refractivity contribution in [3.05, 3.63) is 59.7 Å². The van der Waals surface area contributed by atoms with Crippen molar-refractivity contribution >= 4 is 11.9 Å². The third-order valence-electron chi connectivity index (χ3n) is 12.4. The summed E-state index contributed by atoms with van der Waals surface area (Å²) in [5.74, 6) is 0.144. The zero-order valence-electron chi connectivity index (χ0n) is 40.4. The van der Waals surface area contributed by atoms with Gasteiger partial charge in [0.05, 0.1) is 26.4 Å². The van der Waals surface area contributed by atoms with Crippen LogP contribution in [0.3, 0.4) is 0 Å². The summed E-state index contributed by atoms with van der Waals surface area (Å²) in [5.41, 5.74) is 1.19. The Labute approximate surface area is 388 Å². The normalized spacial score (nSPS) is 18.5. The second kappa shape index (κ2) is 36.0. The predicted molar refractivity (Wildman–Crippen MR) is 258 cm³/mol. The Hall–Kier alpha value is -3.18. The molecule has 364 valence electrons. The van der Waals surface area contributed by atoms with Crippen LogP contribution < -0.4 is 14.8 Å². The average Bonchev–Trinajstić information content (AvgIpc) is 3.31. The Balaban J connectivity index is 1.70. The molecule has 1 aliphatic heterocycles. The number of nitrogens with one attached hydrogen (secondary N) is 1. The first-order valence-corrected chi connectivity index (χ1v) is 25.9. The lowest BCUT2D eigenvalue weighted by atomic mass is 9.96. The molecule has 1 amide bonds. The summed E-state index contributed by atoms with van der Waals surface area (Å²) in [4.78, 5) is 27.6. The number of ether oxygens (including phenoxy) is 5. The van der Waals surface area contributed by atoms with E-state index < -0.39 is 49.1 Å². The summed E-state index contributed by atoms with van der Waals surface area (Å²) in [7, 11) is 0. The van der Waals surface area contributed by atoms with Gasteiger partial charge in [-0.15, -0.1) is 0 Å². The molecule has 0 saturated carbocycles. The van der Waals surface area contributed by atoms with Gasteiger partial charge in [-0.25, -0.2) is 0 Å². The highest BCUT2D eigenvalue weighted by molar-refractivity contribution is 5.95. The van der Waals surface area contributed by atoms with Crippen LogP contribution in [0.25, 0.3) is 0 Å². The lowest BCUT2D eigenvalue weighted by Gasteiger charge is -2.43. The van der Waals surface area contributed by atoms with Crippen LogP contribution >= 0.6 is 0 Å². The minimum absolute atomic E-state index is 0.132. The standard InChI is InChI=1S/C54H89NO9/c1-4-7-10-13-16-19-20-21-22-25-31-36-49(57)64-52-50(54(63-48(42-56)51(52)58)62-43-44-34-29-28-30-35-44)55-53(59)45-37-38-46(60-39-32-26-23-17-14-11-8-5-2)47(41-45)61-40-33-27-24-18-15-12-9-6-3/h28-30,34-35,37-38,41,48,50-52,54,56,58H,4-27,31-33,36,39-40,42-43H2,1-3H3,(H,55,59)/t48-,50-,51-,52-,54-/m1/s1. The Bertz CT molecular complexity index is 1460. The van der Waals surface area contributed by atoms with Crippen molar-refractivity contribution in [1.82, 2.24) is 5.32 Å². The van der Waals surface area contributed by atoms with Gasteiger partial charge in [-0.05, 0) is 43.0 Å². The molecule has 3 rings (SSSR count). The third-order valence-corrected chi connectivity index (χ3v) is 12.4. The van der Waals surface area contributed by atoms with E-state index >= 15 is 0 Å². The van der Waals surface area contributed by atoms with E-state index in [1.807, 2.05) is 30.3 Å². The van der Waals surface area contributed by atoms with Crippen LogP contribution in [0.1, 0.15) is 216 Å². The smallest absolute Gasteiger partial charge is 0.306 e. The van der Waals surface area contributed by atoms with Gasteiger partial charge in [-0.1, -0.05) is 205 Å². The predicted octanol–water partition coefficient (Wildman–Crippen LogP) is 12.7. The first kappa shape index (κ1) is 55.1. The maximum atomic E-state index is 14.2. The molecule has 1 fully saturated rings. The van der Waals surface area contributed by atoms with Gasteiger partial charge in [0.25, 0.3) is 5.91 Å². The van der Waals surface area contributed by atoms with E-state index in [0.717, 1.165) is 50.5 Å². The lowest BCUT2D eigenvalue weighted by molar-refractivity contribution is -0.275. The second-order valence-electron chi connectivity index (χ2n) is 18.1. The van der Waals surface area contributed by atoms with E-state index in [4.69, 9.17) is 23.7 Å². The molecule has 2 aromatic rings. The Kier molecular flexibility index (Phi) is 31.0. The van der Waals surface area contributed by atoms with Gasteiger partial charge in [-0.3, -0.25) is 9.59 Å². The van der Waals surface area contributed by atoms with Gasteiger partial charge in [0.2, 0.25) is 0 Å². The maximum Gasteiger partial charge on any atom is 0.306 e. The van der Waals surface area contributed by atoms with Crippen molar-refractivity contribution in [1.29, 1.82) is 0 Å². The van der Waals surface area contributed by atoms with Crippen molar-refractivity contribution in [3.8, 4) is 11.5 Å². The summed E-state index contributed by atoms with van der Waals surface area (Å²) in [6, 6.07) is 13.6. The molecule has 1 aliphatic rings. The largest absolute Gasteiger partial charge is 0.490 e. The summed E-state index contributed by atoms with van der Waals surface area (Å²) < 4.78 is 30.9. The average molecular weight is 896 g/mol. The highest BCUT2D eigenvalue weighted by atomic mass is 16.7. The molecule has 0 spiro atoms. The van der Waals surface area contributed by atoms with Crippen molar-refractivity contribution in [2.24, 2.45) is 0 Å². The van der Waals surface area contributed by atoms with E-state index in [0.29, 0.717) is 36.7 Å². The summed E-state index contributed by atoms with van der Waals surface area (Å²) in [6.07, 6.45) is 27.1. The fraction of sp³-hybridized carbons (Fsp3) is 0.741. The molecule has 0 unspecified atom stereocenters. The monoisotopic (exact) mass is 896 g/mol. The first-order valence-electron chi connectivity index (χ1n) is 25.9. The molecule has 10 heteroatoms. The van der Waals surface area contributed by atoms with Gasteiger partial charge >= 0.3 is 5.97 Å². The van der Waals surface area contributed by atoms with E-state index in [2.05, 4.69) is 26.1 Å². The van der Waals surface area contributed by atoms with Gasteiger partial charge in [-0.2, -0.15) is 0 Å². The molecule has 3 N–H and O–H groups in total. The molecule has 0 aromatic heterocycles. The quantitative estimate of drug-likeness (QED) is 0.0443. The number of rotatable bonds is 39. The zero-order chi connectivity index (χ0) is 45.9. The molecule has 1 saturated heterocycles. The molecule has 64 heavy (non-hydrogen) atoms. The van der Waals surface area contributed by atoms with Crippen molar-refractivity contribution in [2.75, 3.05) is 19.8 Å². The molecule has 2 aromatic carbocycles. The number of hydrogen-bond donors (Lipinski definition) is 3. The Morgan fingerprint density at radius 1 is 0.609 bits per heavy atom. The summed E-state index contributed by atoms with van der Waals surface area (Å²) in [6.45, 7) is 7.38. The molecule has 0 bridgehead atoms. The minimum atomic E-state index is -1.41. The number of carbonyl (C=O) groups excluding carboxylic acids is 2. The highest BCUT2D eigenvalue weighted by Gasteiger charge is 2.48. The van der Waals surface area contributed by atoms with E-state index in [1.54, 1.807) is 18.2 Å². The Morgan fingerprint density at radius 2 is 1.09 bits per heavy atom. The van der Waals surface area contributed by atoms with E-state index in [1.165, 1.54) is 122 Å². The molecule has 10 nitrogen and oxygen atoms in total. The van der Waals surface area contributed by atoms with Gasteiger partial charge < -0.3 is 39.2 Å². The lowest BCUT2D eigenvalue weighted by Crippen LogP contribution is -2.65. The summed E-state index contributed by atoms with van der Waals surface area (Å²) >= 11 is 0. The number of aliphatic hydroxyl groups excluding tert-OH is 2. The van der Waals surface area contributed by atoms with E-state index in [9.17, 15) is 19.8 Å². The van der Waals surface area contributed by atoms with Crippen molar-refractivity contribution in [3.63, 3.8) is 0 Å². The van der Waals surface area contributed by atoms with Gasteiger partial charge in [0.1, 0.15) is 18.2 Å². The second-order valence-corrected chi connectivity index (χ2v) is 18.1. The van der Waals surface area contributed by atoms with Crippen LogP contribution in [-0.4, -0.2) is 72.6 Å². The van der Waals surface area contributed by atoms with Crippen LogP contribution in [-0.2, 0) is 25.6 Å².